The van der Waals surface area contributed by atoms with E-state index in [1.54, 1.807) is 6.07 Å². The van der Waals surface area contributed by atoms with E-state index in [1.165, 1.54) is 29.8 Å². The van der Waals surface area contributed by atoms with Crippen LogP contribution in [0.25, 0.3) is 0 Å². The van der Waals surface area contributed by atoms with Gasteiger partial charge in [-0.1, -0.05) is 0 Å². The highest BCUT2D eigenvalue weighted by molar-refractivity contribution is 7.92. The molecule has 9 heteroatoms. The second kappa shape index (κ2) is 7.87. The Morgan fingerprint density at radius 3 is 2.38 bits per heavy atom. The normalized spacial score (nSPS) is 29.8. The average molecular weight is 466 g/mol. The molecule has 3 fully saturated rings. The number of carbonyl (C=O) groups excluding carboxylic acids is 1. The van der Waals surface area contributed by atoms with Crippen molar-refractivity contribution in [1.82, 2.24) is 9.80 Å². The minimum atomic E-state index is -3.42. The molecule has 1 spiro atoms. The minimum absolute atomic E-state index is 0.207. The predicted octanol–water partition coefficient (Wildman–Crippen LogP) is 3.09. The molecule has 176 valence electrons. The number of fused-ring (bicyclic) bond motifs is 4. The lowest BCUT2D eigenvalue weighted by atomic mass is 9.73. The molecule has 2 atom stereocenters. The second-order valence-corrected chi connectivity index (χ2v) is 11.9. The van der Waals surface area contributed by atoms with Gasteiger partial charge in [0.25, 0.3) is 0 Å². The van der Waals surface area contributed by atoms with E-state index in [2.05, 4.69) is 4.90 Å². The zero-order valence-corrected chi connectivity index (χ0v) is 19.6. The molecular formula is C23H32FN3O4S. The van der Waals surface area contributed by atoms with Gasteiger partial charge in [0.2, 0.25) is 10.0 Å². The SMILES string of the molecule is COC(=O)N1C2CCCC1CC(N1CCC3(CC1)CN(S(C)(=O)=O)c1ccc(F)cc13)C2. The van der Waals surface area contributed by atoms with Gasteiger partial charge in [0.1, 0.15) is 5.82 Å². The number of carbonyl (C=O) groups is 1. The number of piperidine rings is 3. The number of anilines is 1. The molecule has 7 nitrogen and oxygen atoms in total. The van der Waals surface area contributed by atoms with E-state index in [-0.39, 0.29) is 29.4 Å². The Hall–Kier alpha value is -1.87. The van der Waals surface area contributed by atoms with Crippen LogP contribution in [0.3, 0.4) is 0 Å². The standard InChI is InChI=1S/C23H32FN3O4S/c1-31-22(28)27-17-4-3-5-18(27)14-19(13-17)25-10-8-23(9-11-25)15-26(32(2,29)30)21-7-6-16(24)12-20(21)23/h6-7,12,17-19H,3-5,8-11,13-15H2,1-2H3. The summed E-state index contributed by atoms with van der Waals surface area (Å²) in [6, 6.07) is 5.38. The minimum Gasteiger partial charge on any atom is -0.453 e. The van der Waals surface area contributed by atoms with Crippen LogP contribution < -0.4 is 4.31 Å². The summed E-state index contributed by atoms with van der Waals surface area (Å²) in [6.45, 7) is 2.11. The van der Waals surface area contributed by atoms with Gasteiger partial charge in [-0.25, -0.2) is 17.6 Å². The van der Waals surface area contributed by atoms with Crippen molar-refractivity contribution in [3.05, 3.63) is 29.6 Å². The Morgan fingerprint density at radius 2 is 1.78 bits per heavy atom. The van der Waals surface area contributed by atoms with Crippen LogP contribution >= 0.6 is 0 Å². The maximum atomic E-state index is 14.1. The molecule has 0 aromatic heterocycles. The van der Waals surface area contributed by atoms with Gasteiger partial charge in [-0.3, -0.25) is 4.31 Å². The Morgan fingerprint density at radius 1 is 1.12 bits per heavy atom. The van der Waals surface area contributed by atoms with Gasteiger partial charge in [0, 0.05) is 30.1 Å². The quantitative estimate of drug-likeness (QED) is 0.671. The third-order valence-corrected chi connectivity index (χ3v) is 9.38. The maximum Gasteiger partial charge on any atom is 0.409 e. The van der Waals surface area contributed by atoms with Crippen LogP contribution in [0.2, 0.25) is 0 Å². The predicted molar refractivity (Wildman–Crippen MR) is 120 cm³/mol. The van der Waals surface area contributed by atoms with Crippen molar-refractivity contribution in [2.75, 3.05) is 37.3 Å². The number of benzene rings is 1. The van der Waals surface area contributed by atoms with Crippen molar-refractivity contribution in [3.8, 4) is 0 Å². The highest BCUT2D eigenvalue weighted by Crippen LogP contribution is 2.49. The molecule has 5 rings (SSSR count). The van der Waals surface area contributed by atoms with Crippen molar-refractivity contribution in [2.24, 2.45) is 0 Å². The van der Waals surface area contributed by atoms with E-state index in [4.69, 9.17) is 4.74 Å². The van der Waals surface area contributed by atoms with Crippen molar-refractivity contribution in [2.45, 2.75) is 68.5 Å². The summed E-state index contributed by atoms with van der Waals surface area (Å²) in [5.41, 5.74) is 1.13. The molecule has 1 aromatic rings. The Bertz CT molecular complexity index is 994. The molecule has 4 aliphatic heterocycles. The van der Waals surface area contributed by atoms with Crippen molar-refractivity contribution in [3.63, 3.8) is 0 Å². The smallest absolute Gasteiger partial charge is 0.409 e. The van der Waals surface area contributed by atoms with Crippen molar-refractivity contribution >= 4 is 21.8 Å². The first-order valence-electron chi connectivity index (χ1n) is 11.6. The molecule has 4 heterocycles. The van der Waals surface area contributed by atoms with Gasteiger partial charge in [-0.2, -0.15) is 0 Å². The summed E-state index contributed by atoms with van der Waals surface area (Å²) in [5, 5.41) is 0. The van der Waals surface area contributed by atoms with Gasteiger partial charge in [0.05, 0.1) is 19.1 Å². The summed E-state index contributed by atoms with van der Waals surface area (Å²) in [4.78, 5) is 16.8. The number of likely N-dealkylation sites (tertiary alicyclic amines) is 1. The fourth-order valence-corrected chi connectivity index (χ4v) is 7.69. The summed E-state index contributed by atoms with van der Waals surface area (Å²) in [6.07, 6.45) is 7.75. The fraction of sp³-hybridized carbons (Fsp3) is 0.696. The number of nitrogens with zero attached hydrogens (tertiary/aromatic N) is 3. The van der Waals surface area contributed by atoms with E-state index in [9.17, 15) is 17.6 Å². The molecule has 1 amide bonds. The lowest BCUT2D eigenvalue weighted by Gasteiger charge is -2.52. The average Bonchev–Trinajstić information content (AvgIpc) is 3.06. The molecule has 32 heavy (non-hydrogen) atoms. The fourth-order valence-electron chi connectivity index (χ4n) is 6.69. The Kier molecular flexibility index (Phi) is 5.40. The van der Waals surface area contributed by atoms with Crippen molar-refractivity contribution < 1.29 is 22.3 Å². The van der Waals surface area contributed by atoms with Crippen LogP contribution in [-0.4, -0.2) is 75.4 Å². The molecule has 0 N–H and O–H groups in total. The van der Waals surface area contributed by atoms with E-state index < -0.39 is 10.0 Å². The number of amides is 1. The zero-order chi connectivity index (χ0) is 22.7. The van der Waals surface area contributed by atoms with Crippen LogP contribution in [0.4, 0.5) is 14.9 Å². The van der Waals surface area contributed by atoms with Crippen molar-refractivity contribution in [1.29, 1.82) is 0 Å². The molecule has 3 saturated heterocycles. The third kappa shape index (κ3) is 3.57. The summed E-state index contributed by atoms with van der Waals surface area (Å²) < 4.78 is 45.5. The van der Waals surface area contributed by atoms with Crippen LogP contribution in [0.15, 0.2) is 18.2 Å². The second-order valence-electron chi connectivity index (χ2n) is 9.99. The monoisotopic (exact) mass is 465 g/mol. The van der Waals surface area contributed by atoms with Crippen LogP contribution in [0.5, 0.6) is 0 Å². The number of ether oxygens (including phenoxy) is 1. The summed E-state index contributed by atoms with van der Waals surface area (Å²) in [7, 11) is -1.96. The third-order valence-electron chi connectivity index (χ3n) is 8.25. The first-order valence-corrected chi connectivity index (χ1v) is 13.4. The summed E-state index contributed by atoms with van der Waals surface area (Å²) in [5.74, 6) is -0.316. The highest BCUT2D eigenvalue weighted by atomic mass is 32.2. The molecule has 2 bridgehead atoms. The van der Waals surface area contributed by atoms with Gasteiger partial charge < -0.3 is 14.5 Å². The molecule has 0 saturated carbocycles. The number of methoxy groups -OCH3 is 1. The number of sulfonamides is 1. The zero-order valence-electron chi connectivity index (χ0n) is 18.8. The first-order chi connectivity index (χ1) is 15.2. The first kappa shape index (κ1) is 21.9. The molecule has 0 radical (unpaired) electrons. The van der Waals surface area contributed by atoms with Gasteiger partial charge in [-0.05, 0) is 81.8 Å². The lowest BCUT2D eigenvalue weighted by molar-refractivity contribution is -0.0130. The number of halogens is 1. The molecule has 4 aliphatic rings. The van der Waals surface area contributed by atoms with E-state index in [1.807, 2.05) is 4.90 Å². The Balaban J connectivity index is 1.33. The largest absolute Gasteiger partial charge is 0.453 e. The van der Waals surface area contributed by atoms with E-state index >= 15 is 0 Å². The van der Waals surface area contributed by atoms with E-state index in [0.29, 0.717) is 18.3 Å². The lowest BCUT2D eigenvalue weighted by Crippen LogP contribution is -2.60. The molecule has 1 aromatic carbocycles. The van der Waals surface area contributed by atoms with Gasteiger partial charge >= 0.3 is 6.09 Å². The van der Waals surface area contributed by atoms with Gasteiger partial charge in [0.15, 0.2) is 0 Å². The Labute approximate surface area is 189 Å². The number of rotatable bonds is 2. The maximum absolute atomic E-state index is 14.1. The number of hydrogen-bond donors (Lipinski definition) is 0. The van der Waals surface area contributed by atoms with Crippen LogP contribution in [-0.2, 0) is 20.2 Å². The summed E-state index contributed by atoms with van der Waals surface area (Å²) >= 11 is 0. The van der Waals surface area contributed by atoms with E-state index in [0.717, 1.165) is 63.6 Å². The molecular weight excluding hydrogens is 433 g/mol. The topological polar surface area (TPSA) is 70.2 Å². The number of hydrogen-bond acceptors (Lipinski definition) is 5. The van der Waals surface area contributed by atoms with Crippen LogP contribution in [0.1, 0.15) is 50.5 Å². The molecule has 2 unspecified atom stereocenters. The van der Waals surface area contributed by atoms with Gasteiger partial charge in [-0.15, -0.1) is 0 Å². The van der Waals surface area contributed by atoms with Crippen LogP contribution in [0, 0.1) is 5.82 Å². The highest BCUT2D eigenvalue weighted by Gasteiger charge is 2.49. The molecule has 0 aliphatic carbocycles.